The van der Waals surface area contributed by atoms with Crippen LogP contribution in [0.15, 0.2) is 231 Å². The first-order valence-electron chi connectivity index (χ1n) is 20.9. The van der Waals surface area contributed by atoms with Gasteiger partial charge in [0.25, 0.3) is 0 Å². The number of benzene rings is 9. The van der Waals surface area contributed by atoms with Crippen LogP contribution in [0.5, 0.6) is 0 Å². The van der Waals surface area contributed by atoms with E-state index in [2.05, 4.69) is 182 Å². The van der Waals surface area contributed by atoms with Crippen molar-refractivity contribution in [2.75, 3.05) is 0 Å². The van der Waals surface area contributed by atoms with Crippen molar-refractivity contribution in [3.63, 3.8) is 0 Å². The van der Waals surface area contributed by atoms with Crippen molar-refractivity contribution in [3.8, 4) is 90.1 Å². The second kappa shape index (κ2) is 16.0. The van der Waals surface area contributed by atoms with E-state index in [1.54, 1.807) is 0 Å². The Labute approximate surface area is 360 Å². The minimum absolute atomic E-state index is 0.692. The molecule has 0 spiro atoms. The molecule has 0 bridgehead atoms. The van der Waals surface area contributed by atoms with Gasteiger partial charge in [-0.25, -0.2) is 19.9 Å². The van der Waals surface area contributed by atoms with Gasteiger partial charge in [0, 0.05) is 33.4 Å². The summed E-state index contributed by atoms with van der Waals surface area (Å²) in [6.45, 7) is 0. The predicted molar refractivity (Wildman–Crippen MR) is 256 cm³/mol. The summed E-state index contributed by atoms with van der Waals surface area (Å²) >= 11 is 0. The second-order valence-electron chi connectivity index (χ2n) is 15.4. The third-order valence-electron chi connectivity index (χ3n) is 11.5. The monoisotopic (exact) mass is 790 g/mol. The number of nitrogens with zero attached hydrogens (tertiary/aromatic N) is 4. The second-order valence-corrected chi connectivity index (χ2v) is 15.4. The van der Waals surface area contributed by atoms with Gasteiger partial charge in [-0.3, -0.25) is 0 Å². The van der Waals surface area contributed by atoms with Crippen LogP contribution in [-0.2, 0) is 0 Å². The van der Waals surface area contributed by atoms with Crippen LogP contribution in [-0.4, -0.2) is 19.9 Å². The minimum atomic E-state index is 0.692. The maximum Gasteiger partial charge on any atom is 0.160 e. The van der Waals surface area contributed by atoms with E-state index in [4.69, 9.17) is 19.9 Å². The Morgan fingerprint density at radius 1 is 0.194 bits per heavy atom. The summed E-state index contributed by atoms with van der Waals surface area (Å²) < 4.78 is 0. The number of aromatic nitrogens is 4. The molecule has 9 aromatic carbocycles. The number of hydrogen-bond acceptors (Lipinski definition) is 4. The van der Waals surface area contributed by atoms with Crippen molar-refractivity contribution in [2.24, 2.45) is 0 Å². The smallest absolute Gasteiger partial charge is 0.160 e. The predicted octanol–water partition coefficient (Wildman–Crippen LogP) is 14.9. The van der Waals surface area contributed by atoms with Crippen LogP contribution < -0.4 is 0 Å². The summed E-state index contributed by atoms with van der Waals surface area (Å²) in [6.07, 6.45) is 0. The van der Waals surface area contributed by atoms with Gasteiger partial charge in [0.2, 0.25) is 0 Å². The van der Waals surface area contributed by atoms with E-state index < -0.39 is 0 Å². The maximum absolute atomic E-state index is 5.23. The van der Waals surface area contributed by atoms with Crippen LogP contribution in [0, 0.1) is 0 Å². The molecule has 0 N–H and O–H groups in total. The SMILES string of the molecule is c1ccc(-c2cc(-c3ccc4c(-c5ccccc5)c5cc(-c6cc(-c7ccccc7)nc(-c7ccccc7)n6)ccc5c(-c5ccccc5)c4c3)nc(-c3ccccc3)n2)cc1. The molecule has 0 saturated heterocycles. The Bertz CT molecular complexity index is 3010. The molecule has 4 heteroatoms. The van der Waals surface area contributed by atoms with Gasteiger partial charge in [0.1, 0.15) is 0 Å². The van der Waals surface area contributed by atoms with E-state index in [0.717, 1.165) is 88.8 Å². The van der Waals surface area contributed by atoms with Gasteiger partial charge in [-0.05, 0) is 68.1 Å². The van der Waals surface area contributed by atoms with Crippen molar-refractivity contribution in [1.82, 2.24) is 19.9 Å². The van der Waals surface area contributed by atoms with Gasteiger partial charge >= 0.3 is 0 Å². The zero-order chi connectivity index (χ0) is 41.2. The average molecular weight is 791 g/mol. The van der Waals surface area contributed by atoms with Crippen LogP contribution in [0.1, 0.15) is 0 Å². The lowest BCUT2D eigenvalue weighted by atomic mass is 9.84. The standard InChI is InChI=1S/C58H38N4/c1-7-19-39(20-8-1)51-37-53(61-57(59-51)43-27-15-5-16-28-43)45-31-33-47-49(35-45)55(41-23-11-3-12-24-41)48-34-32-46(36-50(48)56(47)42-25-13-4-14-26-42)54-38-52(40-21-9-2-10-22-40)60-58(62-54)44-29-17-6-18-30-44/h1-38H. The molecule has 290 valence electrons. The average Bonchev–Trinajstić information content (AvgIpc) is 3.36. The van der Waals surface area contributed by atoms with Crippen LogP contribution >= 0.6 is 0 Å². The van der Waals surface area contributed by atoms with Crippen LogP contribution in [0.25, 0.3) is 112 Å². The fourth-order valence-corrected chi connectivity index (χ4v) is 8.52. The summed E-state index contributed by atoms with van der Waals surface area (Å²) in [4.78, 5) is 20.6. The van der Waals surface area contributed by atoms with Crippen molar-refractivity contribution >= 4 is 21.5 Å². The van der Waals surface area contributed by atoms with E-state index in [1.165, 1.54) is 11.1 Å². The Kier molecular flexibility index (Phi) is 9.49. The molecule has 0 radical (unpaired) electrons. The first-order chi connectivity index (χ1) is 30.7. The van der Waals surface area contributed by atoms with Crippen LogP contribution in [0.3, 0.4) is 0 Å². The third-order valence-corrected chi connectivity index (χ3v) is 11.5. The quantitative estimate of drug-likeness (QED) is 0.144. The Morgan fingerprint density at radius 3 is 0.790 bits per heavy atom. The van der Waals surface area contributed by atoms with Crippen molar-refractivity contribution in [2.45, 2.75) is 0 Å². The summed E-state index contributed by atoms with van der Waals surface area (Å²) in [6, 6.07) is 80.5. The summed E-state index contributed by atoms with van der Waals surface area (Å²) in [7, 11) is 0. The molecule has 0 saturated carbocycles. The van der Waals surface area contributed by atoms with Crippen molar-refractivity contribution in [3.05, 3.63) is 231 Å². The lowest BCUT2D eigenvalue weighted by Crippen LogP contribution is -1.97. The maximum atomic E-state index is 5.23. The van der Waals surface area contributed by atoms with Gasteiger partial charge in [-0.1, -0.05) is 206 Å². The highest BCUT2D eigenvalue weighted by Gasteiger charge is 2.20. The van der Waals surface area contributed by atoms with Crippen LogP contribution in [0.4, 0.5) is 0 Å². The highest BCUT2D eigenvalue weighted by molar-refractivity contribution is 6.22. The van der Waals surface area contributed by atoms with Gasteiger partial charge in [-0.15, -0.1) is 0 Å². The summed E-state index contributed by atoms with van der Waals surface area (Å²) in [5.74, 6) is 1.38. The van der Waals surface area contributed by atoms with Crippen molar-refractivity contribution < 1.29 is 0 Å². The molecule has 4 nitrogen and oxygen atoms in total. The molecular formula is C58H38N4. The topological polar surface area (TPSA) is 51.6 Å². The zero-order valence-corrected chi connectivity index (χ0v) is 33.7. The van der Waals surface area contributed by atoms with Gasteiger partial charge in [-0.2, -0.15) is 0 Å². The molecule has 2 heterocycles. The van der Waals surface area contributed by atoms with E-state index in [-0.39, 0.29) is 0 Å². The van der Waals surface area contributed by atoms with E-state index >= 15 is 0 Å². The highest BCUT2D eigenvalue weighted by Crippen LogP contribution is 2.46. The van der Waals surface area contributed by atoms with Crippen LogP contribution in [0.2, 0.25) is 0 Å². The Morgan fingerprint density at radius 2 is 0.468 bits per heavy atom. The molecule has 0 fully saturated rings. The largest absolute Gasteiger partial charge is 0.228 e. The number of rotatable bonds is 8. The fourth-order valence-electron chi connectivity index (χ4n) is 8.52. The third kappa shape index (κ3) is 7.00. The molecule has 11 aromatic rings. The van der Waals surface area contributed by atoms with E-state index in [0.29, 0.717) is 11.6 Å². The summed E-state index contributed by atoms with van der Waals surface area (Å²) in [5.41, 5.74) is 14.2. The Balaban J connectivity index is 1.18. The molecule has 0 aliphatic heterocycles. The first-order valence-corrected chi connectivity index (χ1v) is 20.9. The molecule has 11 rings (SSSR count). The van der Waals surface area contributed by atoms with E-state index in [1.807, 2.05) is 48.5 Å². The summed E-state index contributed by atoms with van der Waals surface area (Å²) in [5, 5.41) is 4.60. The first kappa shape index (κ1) is 36.7. The number of hydrogen-bond donors (Lipinski definition) is 0. The molecule has 0 aliphatic carbocycles. The zero-order valence-electron chi connectivity index (χ0n) is 33.7. The van der Waals surface area contributed by atoms with Gasteiger partial charge in [0.05, 0.1) is 22.8 Å². The molecule has 2 aromatic heterocycles. The normalized spacial score (nSPS) is 11.2. The lowest BCUT2D eigenvalue weighted by Gasteiger charge is -2.20. The molecule has 0 amide bonds. The highest BCUT2D eigenvalue weighted by atomic mass is 14.9. The molecule has 0 unspecified atom stereocenters. The minimum Gasteiger partial charge on any atom is -0.228 e. The van der Waals surface area contributed by atoms with E-state index in [9.17, 15) is 0 Å². The van der Waals surface area contributed by atoms with Gasteiger partial charge < -0.3 is 0 Å². The Hall–Kier alpha value is -8.34. The number of fused-ring (bicyclic) bond motifs is 2. The molecule has 62 heavy (non-hydrogen) atoms. The molecular weight excluding hydrogens is 753 g/mol. The lowest BCUT2D eigenvalue weighted by molar-refractivity contribution is 1.18. The van der Waals surface area contributed by atoms with Crippen molar-refractivity contribution in [1.29, 1.82) is 0 Å². The van der Waals surface area contributed by atoms with Gasteiger partial charge in [0.15, 0.2) is 11.6 Å². The molecule has 0 atom stereocenters. The fraction of sp³-hybridized carbons (Fsp3) is 0. The molecule has 0 aliphatic rings.